The number of benzene rings is 1. The Labute approximate surface area is 154 Å². The molecule has 27 heavy (non-hydrogen) atoms. The Kier molecular flexibility index (Phi) is 5.43. The maximum atomic E-state index is 11.6. The van der Waals surface area contributed by atoms with Gasteiger partial charge in [0.25, 0.3) is 0 Å². The number of methoxy groups -OCH3 is 1. The highest BCUT2D eigenvalue weighted by Gasteiger charge is 2.35. The van der Waals surface area contributed by atoms with Gasteiger partial charge >= 0.3 is 11.9 Å². The number of ether oxygens (including phenoxy) is 2. The molecule has 3 N–H and O–H groups in total. The molecular formula is C18H20N2O7. The summed E-state index contributed by atoms with van der Waals surface area (Å²) in [7, 11) is 1.23. The molecule has 144 valence electrons. The number of aliphatic hydroxyl groups is 1. The summed E-state index contributed by atoms with van der Waals surface area (Å²) in [5, 5.41) is 29.3. The first-order chi connectivity index (χ1) is 12.9. The molecule has 1 aliphatic heterocycles. The quantitative estimate of drug-likeness (QED) is 0.621. The van der Waals surface area contributed by atoms with Crippen molar-refractivity contribution in [1.29, 1.82) is 0 Å². The Morgan fingerprint density at radius 3 is 2.81 bits per heavy atom. The van der Waals surface area contributed by atoms with Crippen molar-refractivity contribution in [3.8, 4) is 11.5 Å². The summed E-state index contributed by atoms with van der Waals surface area (Å²) < 4.78 is 10.3. The van der Waals surface area contributed by atoms with Crippen molar-refractivity contribution in [3.05, 3.63) is 30.0 Å². The number of carbonyl (C=O) groups excluding carboxylic acids is 1. The van der Waals surface area contributed by atoms with Gasteiger partial charge in [0, 0.05) is 37.0 Å². The maximum absolute atomic E-state index is 11.6. The van der Waals surface area contributed by atoms with Crippen molar-refractivity contribution in [2.24, 2.45) is 0 Å². The molecule has 2 heterocycles. The molecule has 0 amide bonds. The van der Waals surface area contributed by atoms with E-state index in [-0.39, 0.29) is 31.0 Å². The maximum Gasteiger partial charge on any atom is 0.356 e. The Bertz CT molecular complexity index is 870. The lowest BCUT2D eigenvalue weighted by Gasteiger charge is -2.20. The summed E-state index contributed by atoms with van der Waals surface area (Å²) in [5.74, 6) is -1.26. The molecule has 2 atom stereocenters. The molecule has 1 aromatic carbocycles. The highest BCUT2D eigenvalue weighted by atomic mass is 16.5. The average molecular weight is 376 g/mol. The number of aliphatic carboxylic acids is 1. The van der Waals surface area contributed by atoms with E-state index in [9.17, 15) is 24.9 Å². The van der Waals surface area contributed by atoms with Crippen LogP contribution in [0.3, 0.4) is 0 Å². The minimum absolute atomic E-state index is 0.0185. The van der Waals surface area contributed by atoms with E-state index in [2.05, 4.69) is 9.72 Å². The molecule has 9 nitrogen and oxygen atoms in total. The van der Waals surface area contributed by atoms with Gasteiger partial charge in [0.1, 0.15) is 24.1 Å². The standard InChI is InChI=1S/C18H20N2O7/c1-26-18(25)14-8-16(22)12-3-2-11(7-13(12)19-14)27-5-4-20-9-10(21)6-15(20)17(23)24/h2-3,7-8,10,15,21H,4-6,9H2,1H3,(H,19,22)(H,23,24). The van der Waals surface area contributed by atoms with Crippen LogP contribution >= 0.6 is 0 Å². The molecule has 1 aromatic heterocycles. The number of esters is 1. The van der Waals surface area contributed by atoms with Crippen molar-refractivity contribution in [3.63, 3.8) is 0 Å². The van der Waals surface area contributed by atoms with Crippen LogP contribution in [0.4, 0.5) is 0 Å². The lowest BCUT2D eigenvalue weighted by atomic mass is 10.1. The fourth-order valence-electron chi connectivity index (χ4n) is 3.15. The number of hydrogen-bond donors (Lipinski definition) is 3. The second kappa shape index (κ2) is 7.77. The number of carbonyl (C=O) groups is 2. The van der Waals surface area contributed by atoms with Gasteiger partial charge < -0.3 is 24.8 Å². The number of nitrogens with zero attached hydrogens (tertiary/aromatic N) is 2. The average Bonchev–Trinajstić information content (AvgIpc) is 3.01. The third kappa shape index (κ3) is 4.09. The largest absolute Gasteiger partial charge is 0.507 e. The Hall–Kier alpha value is -2.91. The van der Waals surface area contributed by atoms with Gasteiger partial charge in [-0.3, -0.25) is 9.69 Å². The first-order valence-electron chi connectivity index (χ1n) is 8.39. The molecular weight excluding hydrogens is 356 g/mol. The number of aromatic nitrogens is 1. The van der Waals surface area contributed by atoms with Gasteiger partial charge in [-0.25, -0.2) is 9.78 Å². The molecule has 1 fully saturated rings. The number of pyridine rings is 1. The van der Waals surface area contributed by atoms with Crippen LogP contribution < -0.4 is 4.74 Å². The van der Waals surface area contributed by atoms with Crippen LogP contribution in [-0.4, -0.2) is 76.1 Å². The number of likely N-dealkylation sites (tertiary alicyclic amines) is 1. The normalized spacial score (nSPS) is 19.9. The lowest BCUT2D eigenvalue weighted by Crippen LogP contribution is -2.38. The van der Waals surface area contributed by atoms with Crippen molar-refractivity contribution < 1.29 is 34.4 Å². The zero-order chi connectivity index (χ0) is 19.6. The summed E-state index contributed by atoms with van der Waals surface area (Å²) in [5.41, 5.74) is 0.350. The van der Waals surface area contributed by atoms with Crippen LogP contribution in [0.1, 0.15) is 16.9 Å². The van der Waals surface area contributed by atoms with Crippen LogP contribution in [0.2, 0.25) is 0 Å². The van der Waals surface area contributed by atoms with Gasteiger partial charge in [0.15, 0.2) is 5.69 Å². The van der Waals surface area contributed by atoms with Crippen LogP contribution in [0.25, 0.3) is 10.9 Å². The van der Waals surface area contributed by atoms with Crippen LogP contribution in [-0.2, 0) is 9.53 Å². The second-order valence-electron chi connectivity index (χ2n) is 6.28. The van der Waals surface area contributed by atoms with Crippen LogP contribution in [0, 0.1) is 0 Å². The first kappa shape index (κ1) is 18.9. The number of aromatic hydroxyl groups is 1. The minimum Gasteiger partial charge on any atom is -0.507 e. The smallest absolute Gasteiger partial charge is 0.356 e. The van der Waals surface area contributed by atoms with Gasteiger partial charge in [0.05, 0.1) is 18.7 Å². The van der Waals surface area contributed by atoms with Crippen LogP contribution in [0.15, 0.2) is 24.3 Å². The predicted molar refractivity (Wildman–Crippen MR) is 93.9 cm³/mol. The van der Waals surface area contributed by atoms with Gasteiger partial charge in [0.2, 0.25) is 0 Å². The molecule has 1 aliphatic rings. The Morgan fingerprint density at radius 1 is 1.33 bits per heavy atom. The summed E-state index contributed by atoms with van der Waals surface area (Å²) in [6.45, 7) is 0.841. The first-order valence-corrected chi connectivity index (χ1v) is 8.39. The minimum atomic E-state index is -0.965. The van der Waals surface area contributed by atoms with E-state index in [1.54, 1.807) is 23.1 Å². The number of hydrogen-bond acceptors (Lipinski definition) is 8. The van der Waals surface area contributed by atoms with E-state index >= 15 is 0 Å². The topological polar surface area (TPSA) is 129 Å². The molecule has 3 rings (SSSR count). The number of aliphatic hydroxyl groups excluding tert-OH is 1. The number of rotatable bonds is 6. The Morgan fingerprint density at radius 2 is 2.11 bits per heavy atom. The number of fused-ring (bicyclic) bond motifs is 1. The van der Waals surface area contributed by atoms with Gasteiger partial charge in [-0.15, -0.1) is 0 Å². The highest BCUT2D eigenvalue weighted by molar-refractivity contribution is 5.94. The lowest BCUT2D eigenvalue weighted by molar-refractivity contribution is -0.142. The molecule has 9 heteroatoms. The zero-order valence-corrected chi connectivity index (χ0v) is 14.7. The van der Waals surface area contributed by atoms with Crippen molar-refractivity contribution in [2.75, 3.05) is 26.8 Å². The second-order valence-corrected chi connectivity index (χ2v) is 6.28. The predicted octanol–water partition coefficient (Wildman–Crippen LogP) is 0.626. The van der Waals surface area contributed by atoms with Gasteiger partial charge in [-0.2, -0.15) is 0 Å². The van der Waals surface area contributed by atoms with Crippen molar-refractivity contribution in [2.45, 2.75) is 18.6 Å². The van der Waals surface area contributed by atoms with Gasteiger partial charge in [-0.1, -0.05) is 0 Å². The summed E-state index contributed by atoms with van der Waals surface area (Å²) >= 11 is 0. The Balaban J connectivity index is 1.70. The van der Waals surface area contributed by atoms with Crippen molar-refractivity contribution in [1.82, 2.24) is 9.88 Å². The summed E-state index contributed by atoms with van der Waals surface area (Å²) in [4.78, 5) is 28.7. The third-order valence-electron chi connectivity index (χ3n) is 4.47. The van der Waals surface area contributed by atoms with E-state index in [1.165, 1.54) is 13.2 Å². The summed E-state index contributed by atoms with van der Waals surface area (Å²) in [6, 6.07) is 5.36. The molecule has 0 saturated carbocycles. The zero-order valence-electron chi connectivity index (χ0n) is 14.7. The number of β-amino-alcohol motifs (C(OH)–C–C–N with tert-alkyl or cyclic N) is 1. The molecule has 0 aliphatic carbocycles. The molecule has 1 saturated heterocycles. The number of carboxylic acids is 1. The monoisotopic (exact) mass is 376 g/mol. The summed E-state index contributed by atoms with van der Waals surface area (Å²) in [6.07, 6.45) is -0.458. The van der Waals surface area contributed by atoms with Gasteiger partial charge in [-0.05, 0) is 12.1 Å². The van der Waals surface area contributed by atoms with E-state index in [4.69, 9.17) is 4.74 Å². The van der Waals surface area contributed by atoms with Crippen molar-refractivity contribution >= 4 is 22.8 Å². The third-order valence-corrected chi connectivity index (χ3v) is 4.47. The molecule has 2 aromatic rings. The van der Waals surface area contributed by atoms with E-state index in [0.29, 0.717) is 23.2 Å². The van der Waals surface area contributed by atoms with E-state index in [0.717, 1.165) is 0 Å². The SMILES string of the molecule is COC(=O)c1cc(O)c2ccc(OCCN3CC(O)CC3C(=O)O)cc2n1. The molecule has 0 radical (unpaired) electrons. The number of carboxylic acid groups (broad SMARTS) is 1. The van der Waals surface area contributed by atoms with E-state index < -0.39 is 24.1 Å². The highest BCUT2D eigenvalue weighted by Crippen LogP contribution is 2.28. The molecule has 0 bridgehead atoms. The van der Waals surface area contributed by atoms with E-state index in [1.807, 2.05) is 0 Å². The fraction of sp³-hybridized carbons (Fsp3) is 0.389. The van der Waals surface area contributed by atoms with Crippen LogP contribution in [0.5, 0.6) is 11.5 Å². The molecule has 2 unspecified atom stereocenters. The fourth-order valence-corrected chi connectivity index (χ4v) is 3.15. The molecule has 0 spiro atoms.